The first-order chi connectivity index (χ1) is 6.74. The molecule has 0 aliphatic rings. The van der Waals surface area contributed by atoms with Gasteiger partial charge in [0.25, 0.3) is 0 Å². The van der Waals surface area contributed by atoms with Gasteiger partial charge in [-0.15, -0.1) is 0 Å². The first-order valence-corrected chi connectivity index (χ1v) is 8.49. The summed E-state index contributed by atoms with van der Waals surface area (Å²) in [4.78, 5) is 0. The van der Waals surface area contributed by atoms with Gasteiger partial charge < -0.3 is 8.85 Å². The number of hydrogen-bond acceptors (Lipinski definition) is 3. The van der Waals surface area contributed by atoms with Gasteiger partial charge in [0.05, 0.1) is 0 Å². The van der Waals surface area contributed by atoms with Gasteiger partial charge in [0.2, 0.25) is 0 Å². The highest BCUT2D eigenvalue weighted by atomic mass is 32.1. The monoisotopic (exact) mass is 236 g/mol. The van der Waals surface area contributed by atoms with Crippen molar-refractivity contribution in [3.63, 3.8) is 0 Å². The van der Waals surface area contributed by atoms with Crippen molar-refractivity contribution in [1.29, 1.82) is 0 Å². The second-order valence-electron chi connectivity index (χ2n) is 3.52. The third-order valence-electron chi connectivity index (χ3n) is 2.01. The van der Waals surface area contributed by atoms with Gasteiger partial charge >= 0.3 is 8.56 Å². The third kappa shape index (κ3) is 5.39. The Morgan fingerprint density at radius 2 is 1.43 bits per heavy atom. The molecule has 0 radical (unpaired) electrons. The summed E-state index contributed by atoms with van der Waals surface area (Å²) in [5, 5.41) is 0.779. The van der Waals surface area contributed by atoms with Gasteiger partial charge in [-0.2, -0.15) is 12.6 Å². The van der Waals surface area contributed by atoms with E-state index in [1.54, 1.807) is 0 Å². The van der Waals surface area contributed by atoms with Crippen LogP contribution in [0.15, 0.2) is 0 Å². The fraction of sp³-hybridized carbons (Fsp3) is 1.00. The lowest BCUT2D eigenvalue weighted by Crippen LogP contribution is -2.45. The smallest absolute Gasteiger partial charge is 0.348 e. The molecule has 0 aromatic rings. The molecular formula is C10H24O2SSi. The minimum Gasteiger partial charge on any atom is -0.394 e. The topological polar surface area (TPSA) is 18.5 Å². The predicted molar refractivity (Wildman–Crippen MR) is 67.2 cm³/mol. The molecule has 0 N–H and O–H groups in total. The van der Waals surface area contributed by atoms with Crippen LogP contribution in [0.4, 0.5) is 0 Å². The van der Waals surface area contributed by atoms with Crippen LogP contribution >= 0.6 is 12.6 Å². The van der Waals surface area contributed by atoms with Gasteiger partial charge in [-0.25, -0.2) is 0 Å². The van der Waals surface area contributed by atoms with E-state index >= 15 is 0 Å². The van der Waals surface area contributed by atoms with Gasteiger partial charge in [-0.1, -0.05) is 27.2 Å². The van der Waals surface area contributed by atoms with Crippen LogP contribution in [-0.2, 0) is 8.85 Å². The summed E-state index contributed by atoms with van der Waals surface area (Å²) < 4.78 is 11.8. The Morgan fingerprint density at radius 1 is 0.929 bits per heavy atom. The van der Waals surface area contributed by atoms with E-state index in [1.165, 1.54) is 0 Å². The Labute approximate surface area is 95.0 Å². The zero-order chi connectivity index (χ0) is 10.9. The molecule has 0 heterocycles. The highest BCUT2D eigenvalue weighted by Gasteiger charge is 2.34. The van der Waals surface area contributed by atoms with Crippen LogP contribution in [-0.4, -0.2) is 27.2 Å². The molecule has 14 heavy (non-hydrogen) atoms. The van der Waals surface area contributed by atoms with Gasteiger partial charge in [-0.05, 0) is 18.9 Å². The number of hydrogen-bond donors (Lipinski definition) is 1. The molecule has 0 aliphatic carbocycles. The van der Waals surface area contributed by atoms with Crippen LogP contribution in [0.25, 0.3) is 0 Å². The van der Waals surface area contributed by atoms with E-state index in [-0.39, 0.29) is 0 Å². The van der Waals surface area contributed by atoms with Crippen molar-refractivity contribution in [2.45, 2.75) is 46.1 Å². The molecule has 0 unspecified atom stereocenters. The fourth-order valence-electron chi connectivity index (χ4n) is 1.31. The summed E-state index contributed by atoms with van der Waals surface area (Å²) >= 11 is 4.39. The first-order valence-electron chi connectivity index (χ1n) is 5.63. The average molecular weight is 236 g/mol. The molecule has 0 fully saturated rings. The van der Waals surface area contributed by atoms with Crippen LogP contribution in [0.3, 0.4) is 0 Å². The van der Waals surface area contributed by atoms with Gasteiger partial charge in [0.15, 0.2) is 0 Å². The molecule has 4 heteroatoms. The zero-order valence-corrected chi connectivity index (χ0v) is 11.6. The van der Waals surface area contributed by atoms with Gasteiger partial charge in [0, 0.05) is 18.6 Å². The van der Waals surface area contributed by atoms with Crippen LogP contribution in [0, 0.1) is 0 Å². The van der Waals surface area contributed by atoms with Crippen LogP contribution in [0.1, 0.15) is 40.0 Å². The van der Waals surface area contributed by atoms with E-state index in [4.69, 9.17) is 8.85 Å². The molecule has 86 valence electrons. The van der Waals surface area contributed by atoms with Crippen molar-refractivity contribution >= 4 is 21.2 Å². The molecule has 0 amide bonds. The molecule has 0 atom stereocenters. The van der Waals surface area contributed by atoms with Crippen molar-refractivity contribution in [1.82, 2.24) is 0 Å². The molecule has 0 saturated carbocycles. The summed E-state index contributed by atoms with van der Waals surface area (Å²) in [6, 6.07) is 1.07. The highest BCUT2D eigenvalue weighted by molar-refractivity contribution is 7.82. The number of thiol groups is 1. The van der Waals surface area contributed by atoms with Crippen molar-refractivity contribution < 1.29 is 8.85 Å². The molecule has 0 rings (SSSR count). The molecule has 0 bridgehead atoms. The van der Waals surface area contributed by atoms with E-state index in [0.717, 1.165) is 43.9 Å². The summed E-state index contributed by atoms with van der Waals surface area (Å²) in [7, 11) is -1.95. The van der Waals surface area contributed by atoms with E-state index < -0.39 is 8.56 Å². The standard InChI is InChI=1S/C10H24O2SSi/c1-4-7-11-14(10-13,9-6-3)12-8-5-2/h13H,4-10H2,1-3H3. The predicted octanol–water partition coefficient (Wildman–Crippen LogP) is 3.16. The maximum absolute atomic E-state index is 5.91. The summed E-state index contributed by atoms with van der Waals surface area (Å²) in [6.07, 6.45) is 3.24. The maximum Gasteiger partial charge on any atom is 0.348 e. The van der Waals surface area contributed by atoms with E-state index in [2.05, 4.69) is 33.4 Å². The third-order valence-corrected chi connectivity index (χ3v) is 6.66. The molecule has 0 saturated heterocycles. The van der Waals surface area contributed by atoms with Crippen molar-refractivity contribution in [2.75, 3.05) is 18.6 Å². The normalized spacial score (nSPS) is 12.0. The Kier molecular flexibility index (Phi) is 9.07. The minimum atomic E-state index is -1.95. The minimum absolute atomic E-state index is 0.779. The molecular weight excluding hydrogens is 212 g/mol. The average Bonchev–Trinajstić information content (AvgIpc) is 2.22. The quantitative estimate of drug-likeness (QED) is 0.490. The number of rotatable bonds is 9. The Balaban J connectivity index is 4.11. The lowest BCUT2D eigenvalue weighted by molar-refractivity contribution is 0.172. The second-order valence-corrected chi connectivity index (χ2v) is 7.68. The van der Waals surface area contributed by atoms with E-state index in [1.807, 2.05) is 0 Å². The van der Waals surface area contributed by atoms with Crippen LogP contribution in [0.2, 0.25) is 6.04 Å². The Bertz CT molecular complexity index is 125. The first kappa shape index (κ1) is 14.5. The molecule has 0 spiro atoms. The second kappa shape index (κ2) is 8.77. The fourth-order valence-corrected chi connectivity index (χ4v) is 4.96. The van der Waals surface area contributed by atoms with Crippen molar-refractivity contribution in [3.05, 3.63) is 0 Å². The molecule has 0 aliphatic heterocycles. The molecule has 2 nitrogen and oxygen atoms in total. The SMILES string of the molecule is CCCO[Si](CS)(CCC)OCCC. The zero-order valence-electron chi connectivity index (χ0n) is 9.71. The van der Waals surface area contributed by atoms with E-state index in [0.29, 0.717) is 0 Å². The van der Waals surface area contributed by atoms with Crippen molar-refractivity contribution in [2.24, 2.45) is 0 Å². The van der Waals surface area contributed by atoms with E-state index in [9.17, 15) is 0 Å². The van der Waals surface area contributed by atoms with Crippen LogP contribution in [0.5, 0.6) is 0 Å². The maximum atomic E-state index is 5.91. The Morgan fingerprint density at radius 3 is 1.71 bits per heavy atom. The van der Waals surface area contributed by atoms with Gasteiger partial charge in [0.1, 0.15) is 0 Å². The summed E-state index contributed by atoms with van der Waals surface area (Å²) in [5.74, 6) is 0. The summed E-state index contributed by atoms with van der Waals surface area (Å²) in [6.45, 7) is 8.07. The lowest BCUT2D eigenvalue weighted by Gasteiger charge is -2.28. The summed E-state index contributed by atoms with van der Waals surface area (Å²) in [5.41, 5.74) is 0. The molecule has 0 aromatic heterocycles. The van der Waals surface area contributed by atoms with Gasteiger partial charge in [-0.3, -0.25) is 0 Å². The Hall–Kier alpha value is 0.487. The molecule has 0 aromatic carbocycles. The van der Waals surface area contributed by atoms with Crippen LogP contribution < -0.4 is 0 Å². The largest absolute Gasteiger partial charge is 0.394 e. The lowest BCUT2D eigenvalue weighted by atomic mass is 10.5. The van der Waals surface area contributed by atoms with Crippen molar-refractivity contribution in [3.8, 4) is 0 Å². The highest BCUT2D eigenvalue weighted by Crippen LogP contribution is 2.18.